The molecule has 0 radical (unpaired) electrons. The lowest BCUT2D eigenvalue weighted by molar-refractivity contribution is -0.144. The van der Waals surface area contributed by atoms with E-state index in [9.17, 15) is 13.6 Å². The third kappa shape index (κ3) is 3.01. The van der Waals surface area contributed by atoms with E-state index in [1.54, 1.807) is 6.92 Å². The maximum absolute atomic E-state index is 12.8. The number of benzene rings is 1. The number of ether oxygens (including phenoxy) is 1. The van der Waals surface area contributed by atoms with Crippen LogP contribution < -0.4 is 0 Å². The number of halogens is 2. The van der Waals surface area contributed by atoms with Crippen molar-refractivity contribution in [3.05, 3.63) is 35.4 Å². The largest absolute Gasteiger partial charge is 0.469 e. The van der Waals surface area contributed by atoms with Crippen molar-refractivity contribution in [1.82, 2.24) is 0 Å². The van der Waals surface area contributed by atoms with Gasteiger partial charge >= 0.3 is 5.97 Å². The number of esters is 1. The van der Waals surface area contributed by atoms with Gasteiger partial charge in [0, 0.05) is 0 Å². The van der Waals surface area contributed by atoms with Crippen molar-refractivity contribution in [2.75, 3.05) is 7.11 Å². The van der Waals surface area contributed by atoms with E-state index in [0.717, 1.165) is 12.1 Å². The summed E-state index contributed by atoms with van der Waals surface area (Å²) in [6, 6.07) is 3.60. The maximum atomic E-state index is 12.8. The maximum Gasteiger partial charge on any atom is 0.308 e. The predicted octanol–water partition coefficient (Wildman–Crippen LogP) is 2.32. The van der Waals surface area contributed by atoms with E-state index in [1.165, 1.54) is 13.2 Å². The van der Waals surface area contributed by atoms with Gasteiger partial charge in [0.05, 0.1) is 13.0 Å². The van der Waals surface area contributed by atoms with Gasteiger partial charge in [-0.25, -0.2) is 8.78 Å². The molecule has 0 saturated heterocycles. The van der Waals surface area contributed by atoms with Crippen LogP contribution in [-0.4, -0.2) is 13.1 Å². The minimum absolute atomic E-state index is 0.337. The van der Waals surface area contributed by atoms with Crippen molar-refractivity contribution in [2.24, 2.45) is 5.92 Å². The third-order valence-electron chi connectivity index (χ3n) is 2.13. The lowest BCUT2D eigenvalue weighted by Gasteiger charge is -2.08. The van der Waals surface area contributed by atoms with E-state index in [1.807, 2.05) is 0 Å². The quantitative estimate of drug-likeness (QED) is 0.722. The molecule has 1 rings (SSSR count). The van der Waals surface area contributed by atoms with E-state index >= 15 is 0 Å². The highest BCUT2D eigenvalue weighted by Gasteiger charge is 2.14. The van der Waals surface area contributed by atoms with Crippen LogP contribution in [0, 0.1) is 17.6 Å². The molecule has 0 aliphatic carbocycles. The van der Waals surface area contributed by atoms with Gasteiger partial charge in [0.1, 0.15) is 0 Å². The molecule has 0 aromatic heterocycles. The first-order valence-electron chi connectivity index (χ1n) is 4.56. The van der Waals surface area contributed by atoms with Crippen LogP contribution in [0.3, 0.4) is 0 Å². The summed E-state index contributed by atoms with van der Waals surface area (Å²) >= 11 is 0. The number of hydrogen-bond acceptors (Lipinski definition) is 2. The first-order valence-corrected chi connectivity index (χ1v) is 4.56. The van der Waals surface area contributed by atoms with Crippen LogP contribution in [0.2, 0.25) is 0 Å². The molecule has 1 aromatic carbocycles. The molecule has 0 bridgehead atoms. The summed E-state index contributed by atoms with van der Waals surface area (Å²) in [6.45, 7) is 1.67. The van der Waals surface area contributed by atoms with Crippen molar-refractivity contribution < 1.29 is 18.3 Å². The summed E-state index contributed by atoms with van der Waals surface area (Å²) in [4.78, 5) is 11.1. The Kier molecular flexibility index (Phi) is 3.77. The lowest BCUT2D eigenvalue weighted by Crippen LogP contribution is -2.15. The molecule has 2 nitrogen and oxygen atoms in total. The smallest absolute Gasteiger partial charge is 0.308 e. The van der Waals surface area contributed by atoms with Crippen molar-refractivity contribution in [2.45, 2.75) is 13.3 Å². The van der Waals surface area contributed by atoms with Crippen LogP contribution in [-0.2, 0) is 16.0 Å². The Labute approximate surface area is 86.9 Å². The third-order valence-corrected chi connectivity index (χ3v) is 2.13. The molecule has 1 atom stereocenters. The van der Waals surface area contributed by atoms with Crippen molar-refractivity contribution >= 4 is 5.97 Å². The second-order valence-corrected chi connectivity index (χ2v) is 3.38. The second-order valence-electron chi connectivity index (χ2n) is 3.38. The van der Waals surface area contributed by atoms with Crippen LogP contribution in [0.15, 0.2) is 18.2 Å². The molecular formula is C11H12F2O2. The first kappa shape index (κ1) is 11.6. The molecule has 0 aliphatic heterocycles. The zero-order valence-corrected chi connectivity index (χ0v) is 8.59. The number of carbonyl (C=O) groups excluding carboxylic acids is 1. The zero-order chi connectivity index (χ0) is 11.4. The van der Waals surface area contributed by atoms with Crippen molar-refractivity contribution in [3.63, 3.8) is 0 Å². The standard InChI is InChI=1S/C11H12F2O2/c1-7(11(14)15-2)5-8-3-4-9(12)10(13)6-8/h3-4,6-7H,5H2,1-2H3/t7-/m0/s1. The molecule has 0 spiro atoms. The topological polar surface area (TPSA) is 26.3 Å². The van der Waals surface area contributed by atoms with Gasteiger partial charge in [0.2, 0.25) is 0 Å². The summed E-state index contributed by atoms with van der Waals surface area (Å²) < 4.78 is 29.9. The summed E-state index contributed by atoms with van der Waals surface area (Å²) in [5.41, 5.74) is 0.576. The summed E-state index contributed by atoms with van der Waals surface area (Å²) in [5.74, 6) is -2.51. The summed E-state index contributed by atoms with van der Waals surface area (Å²) in [7, 11) is 1.30. The Morgan fingerprint density at radius 1 is 1.40 bits per heavy atom. The van der Waals surface area contributed by atoms with E-state index in [-0.39, 0.29) is 11.9 Å². The van der Waals surface area contributed by atoms with Gasteiger partial charge in [-0.2, -0.15) is 0 Å². The second kappa shape index (κ2) is 4.87. The summed E-state index contributed by atoms with van der Waals surface area (Å²) in [5, 5.41) is 0. The lowest BCUT2D eigenvalue weighted by atomic mass is 10.0. The Morgan fingerprint density at radius 3 is 2.60 bits per heavy atom. The molecule has 0 fully saturated rings. The van der Waals surface area contributed by atoms with Crippen LogP contribution >= 0.6 is 0 Å². The van der Waals surface area contributed by atoms with Gasteiger partial charge in [-0.3, -0.25) is 4.79 Å². The SMILES string of the molecule is COC(=O)[C@@H](C)Cc1ccc(F)c(F)c1. The zero-order valence-electron chi connectivity index (χ0n) is 8.59. The van der Waals surface area contributed by atoms with E-state index in [2.05, 4.69) is 4.74 Å². The highest BCUT2D eigenvalue weighted by molar-refractivity contribution is 5.72. The number of methoxy groups -OCH3 is 1. The van der Waals surface area contributed by atoms with Gasteiger partial charge in [-0.1, -0.05) is 13.0 Å². The number of hydrogen-bond donors (Lipinski definition) is 0. The fourth-order valence-electron chi connectivity index (χ4n) is 1.30. The molecule has 0 aliphatic rings. The van der Waals surface area contributed by atoms with Crippen molar-refractivity contribution in [3.8, 4) is 0 Å². The normalized spacial score (nSPS) is 12.3. The molecule has 0 heterocycles. The summed E-state index contributed by atoms with van der Waals surface area (Å²) in [6.07, 6.45) is 0.337. The van der Waals surface area contributed by atoms with E-state index in [4.69, 9.17) is 0 Å². The van der Waals surface area contributed by atoms with Crippen molar-refractivity contribution in [1.29, 1.82) is 0 Å². The van der Waals surface area contributed by atoms with Gasteiger partial charge in [0.25, 0.3) is 0 Å². The van der Waals surface area contributed by atoms with Gasteiger partial charge in [0.15, 0.2) is 11.6 Å². The molecule has 1 aromatic rings. The monoisotopic (exact) mass is 214 g/mol. The highest BCUT2D eigenvalue weighted by Crippen LogP contribution is 2.13. The van der Waals surface area contributed by atoms with E-state index < -0.39 is 11.6 Å². The average molecular weight is 214 g/mol. The minimum Gasteiger partial charge on any atom is -0.469 e. The predicted molar refractivity (Wildman–Crippen MR) is 51.2 cm³/mol. The van der Waals surface area contributed by atoms with Gasteiger partial charge < -0.3 is 4.74 Å². The molecule has 0 amide bonds. The minimum atomic E-state index is -0.899. The molecule has 15 heavy (non-hydrogen) atoms. The Morgan fingerprint density at radius 2 is 2.07 bits per heavy atom. The molecule has 0 unspecified atom stereocenters. The average Bonchev–Trinajstić information content (AvgIpc) is 2.22. The van der Waals surface area contributed by atoms with Gasteiger partial charge in [-0.15, -0.1) is 0 Å². The van der Waals surface area contributed by atoms with Crippen LogP contribution in [0.25, 0.3) is 0 Å². The molecule has 4 heteroatoms. The molecular weight excluding hydrogens is 202 g/mol. The fourth-order valence-corrected chi connectivity index (χ4v) is 1.30. The van der Waals surface area contributed by atoms with Gasteiger partial charge in [-0.05, 0) is 24.1 Å². The Balaban J connectivity index is 2.73. The fraction of sp³-hybridized carbons (Fsp3) is 0.364. The number of carbonyl (C=O) groups is 1. The molecule has 82 valence electrons. The van der Waals surface area contributed by atoms with Crippen LogP contribution in [0.4, 0.5) is 8.78 Å². The highest BCUT2D eigenvalue weighted by atomic mass is 19.2. The Bertz CT molecular complexity index is 364. The Hall–Kier alpha value is -1.45. The first-order chi connectivity index (χ1) is 7.04. The van der Waals surface area contributed by atoms with E-state index in [0.29, 0.717) is 12.0 Å². The molecule has 0 N–H and O–H groups in total. The number of rotatable bonds is 3. The van der Waals surface area contributed by atoms with Crippen LogP contribution in [0.1, 0.15) is 12.5 Å². The van der Waals surface area contributed by atoms with Crippen LogP contribution in [0.5, 0.6) is 0 Å². The molecule has 0 saturated carbocycles.